The number of hydrogen-bond donors (Lipinski definition) is 0. The lowest BCUT2D eigenvalue weighted by atomic mass is 9.89. The highest BCUT2D eigenvalue weighted by Gasteiger charge is 2.44. The van der Waals surface area contributed by atoms with E-state index in [0.29, 0.717) is 5.91 Å². The van der Waals surface area contributed by atoms with Gasteiger partial charge in [0, 0.05) is 34.6 Å². The first-order chi connectivity index (χ1) is 17.4. The predicted octanol–water partition coefficient (Wildman–Crippen LogP) is 10.0. The van der Waals surface area contributed by atoms with E-state index in [0.717, 1.165) is 22.6 Å². The van der Waals surface area contributed by atoms with Crippen molar-refractivity contribution < 1.29 is 9.32 Å². The monoisotopic (exact) mass is 537 g/mol. The Labute approximate surface area is 226 Å². The van der Waals surface area contributed by atoms with E-state index >= 15 is 0 Å². The lowest BCUT2D eigenvalue weighted by Gasteiger charge is -2.46. The molecule has 0 aromatic heterocycles. The van der Waals surface area contributed by atoms with E-state index in [-0.39, 0.29) is 11.5 Å². The number of carbonyl (C=O) groups excluding carboxylic acids is 1. The summed E-state index contributed by atoms with van der Waals surface area (Å²) >= 11 is 0. The fourth-order valence-corrected chi connectivity index (χ4v) is 14.6. The lowest BCUT2D eigenvalue weighted by Crippen LogP contribution is -2.46. The van der Waals surface area contributed by atoms with Crippen molar-refractivity contribution in [1.82, 2.24) is 4.67 Å². The Morgan fingerprint density at radius 3 is 1.31 bits per heavy atom. The van der Waals surface area contributed by atoms with Crippen LogP contribution in [0.2, 0.25) is 0 Å². The van der Waals surface area contributed by atoms with Crippen LogP contribution < -0.4 is 0 Å². The van der Waals surface area contributed by atoms with E-state index in [1.807, 2.05) is 0 Å². The normalized spacial score (nSPS) is 25.4. The summed E-state index contributed by atoms with van der Waals surface area (Å²) in [6.45, 7) is 6.80. The van der Waals surface area contributed by atoms with Gasteiger partial charge in [-0.1, -0.05) is 97.8 Å². The summed E-state index contributed by atoms with van der Waals surface area (Å²) in [6.07, 6.45) is 26.9. The SMILES string of the molecule is CN(C(=O)[C@@H](OP(C1CCCCC1)C1CCCCC1)C(C)(C)C)P(C1CCCCC1)C1CCCCC1. The van der Waals surface area contributed by atoms with Gasteiger partial charge in [-0.15, -0.1) is 0 Å². The number of likely N-dealkylation sites (N-methyl/N-ethyl adjacent to an activating group) is 1. The van der Waals surface area contributed by atoms with Crippen molar-refractivity contribution in [3.8, 4) is 0 Å². The zero-order valence-corrected chi connectivity index (χ0v) is 26.0. The number of amides is 1. The maximum atomic E-state index is 14.5. The van der Waals surface area contributed by atoms with Gasteiger partial charge in [0.1, 0.15) is 6.10 Å². The van der Waals surface area contributed by atoms with Crippen LogP contribution in [0.1, 0.15) is 149 Å². The molecule has 0 radical (unpaired) electrons. The molecule has 0 aromatic rings. The molecule has 4 fully saturated rings. The highest BCUT2D eigenvalue weighted by Crippen LogP contribution is 2.61. The maximum absolute atomic E-state index is 14.5. The molecule has 0 spiro atoms. The van der Waals surface area contributed by atoms with Crippen LogP contribution in [0.5, 0.6) is 0 Å². The first-order valence-corrected chi connectivity index (χ1v) is 18.7. The van der Waals surface area contributed by atoms with E-state index in [4.69, 9.17) is 4.52 Å². The van der Waals surface area contributed by atoms with Gasteiger partial charge in [0.25, 0.3) is 5.91 Å². The third-order valence-electron chi connectivity index (χ3n) is 9.67. The summed E-state index contributed by atoms with van der Waals surface area (Å²) in [6, 6.07) is 0. The molecular weight excluding hydrogens is 480 g/mol. The van der Waals surface area contributed by atoms with Crippen molar-refractivity contribution in [3.05, 3.63) is 0 Å². The largest absolute Gasteiger partial charge is 0.345 e. The molecule has 36 heavy (non-hydrogen) atoms. The summed E-state index contributed by atoms with van der Waals surface area (Å²) < 4.78 is 9.61. The second-order valence-electron chi connectivity index (χ2n) is 13.6. The molecule has 4 rings (SSSR count). The first kappa shape index (κ1) is 29.3. The van der Waals surface area contributed by atoms with Gasteiger partial charge in [0.2, 0.25) is 0 Å². The van der Waals surface area contributed by atoms with E-state index < -0.39 is 16.2 Å². The molecule has 0 N–H and O–H groups in total. The molecule has 0 aliphatic heterocycles. The van der Waals surface area contributed by atoms with Crippen molar-refractivity contribution in [2.45, 2.75) is 178 Å². The van der Waals surface area contributed by atoms with E-state index in [1.54, 1.807) is 0 Å². The highest BCUT2D eigenvalue weighted by molar-refractivity contribution is 7.57. The lowest BCUT2D eigenvalue weighted by molar-refractivity contribution is -0.137. The highest BCUT2D eigenvalue weighted by atomic mass is 31.1. The van der Waals surface area contributed by atoms with Gasteiger partial charge in [-0.3, -0.25) is 4.79 Å². The minimum atomic E-state index is -0.546. The van der Waals surface area contributed by atoms with Crippen LogP contribution in [0.3, 0.4) is 0 Å². The predicted molar refractivity (Wildman–Crippen MR) is 158 cm³/mol. The van der Waals surface area contributed by atoms with E-state index in [2.05, 4.69) is 32.5 Å². The summed E-state index contributed by atoms with van der Waals surface area (Å²) in [5.41, 5.74) is 2.79. The minimum Gasteiger partial charge on any atom is -0.345 e. The Bertz CT molecular complexity index is 620. The molecule has 0 heterocycles. The molecule has 4 aliphatic carbocycles. The van der Waals surface area contributed by atoms with Gasteiger partial charge in [-0.25, -0.2) is 0 Å². The van der Waals surface area contributed by atoms with Crippen molar-refractivity contribution in [3.63, 3.8) is 0 Å². The number of nitrogens with zero attached hydrogens (tertiary/aromatic N) is 1. The minimum absolute atomic E-state index is 0.157. The van der Waals surface area contributed by atoms with Crippen LogP contribution in [-0.4, -0.2) is 46.4 Å². The molecule has 1 atom stereocenters. The van der Waals surface area contributed by atoms with Crippen molar-refractivity contribution in [2.24, 2.45) is 5.41 Å². The third-order valence-corrected chi connectivity index (χ3v) is 16.0. The second-order valence-corrected chi connectivity index (χ2v) is 18.8. The van der Waals surface area contributed by atoms with Crippen LogP contribution in [0.25, 0.3) is 0 Å². The van der Waals surface area contributed by atoms with E-state index in [9.17, 15) is 4.79 Å². The molecule has 4 aliphatic rings. The molecule has 5 heteroatoms. The quantitative estimate of drug-likeness (QED) is 0.288. The summed E-state index contributed by atoms with van der Waals surface area (Å²) in [5.74, 6) is 0.337. The van der Waals surface area contributed by atoms with Crippen LogP contribution in [0, 0.1) is 5.41 Å². The van der Waals surface area contributed by atoms with Crippen LogP contribution in [-0.2, 0) is 9.32 Å². The van der Waals surface area contributed by atoms with E-state index in [1.165, 1.54) is 128 Å². The van der Waals surface area contributed by atoms with Crippen molar-refractivity contribution >= 4 is 22.1 Å². The number of hydrogen-bond acceptors (Lipinski definition) is 2. The molecule has 0 bridgehead atoms. The Morgan fingerprint density at radius 1 is 0.639 bits per heavy atom. The molecule has 1 amide bonds. The molecule has 0 unspecified atom stereocenters. The fourth-order valence-electron chi connectivity index (χ4n) is 7.60. The topological polar surface area (TPSA) is 29.5 Å². The zero-order chi connectivity index (χ0) is 25.5. The second kappa shape index (κ2) is 14.1. The molecule has 0 saturated heterocycles. The van der Waals surface area contributed by atoms with Crippen molar-refractivity contribution in [2.75, 3.05) is 7.05 Å². The van der Waals surface area contributed by atoms with Gasteiger partial charge in [-0.05, 0) is 68.1 Å². The molecule has 208 valence electrons. The molecule has 3 nitrogen and oxygen atoms in total. The van der Waals surface area contributed by atoms with Gasteiger partial charge in [0.15, 0.2) is 0 Å². The summed E-state index contributed by atoms with van der Waals surface area (Å²) in [5, 5.41) is 0. The maximum Gasteiger partial charge on any atom is 0.255 e. The van der Waals surface area contributed by atoms with Crippen LogP contribution in [0.15, 0.2) is 0 Å². The smallest absolute Gasteiger partial charge is 0.255 e. The number of carbonyl (C=O) groups is 1. The van der Waals surface area contributed by atoms with Crippen LogP contribution >= 0.6 is 16.2 Å². The Hall–Kier alpha value is 0.290. The third kappa shape index (κ3) is 7.69. The van der Waals surface area contributed by atoms with Gasteiger partial charge < -0.3 is 9.19 Å². The fraction of sp³-hybridized carbons (Fsp3) is 0.968. The average molecular weight is 538 g/mol. The average Bonchev–Trinajstić information content (AvgIpc) is 2.90. The Balaban J connectivity index is 1.56. The summed E-state index contributed by atoms with van der Waals surface area (Å²) in [4.78, 5) is 14.5. The summed E-state index contributed by atoms with van der Waals surface area (Å²) in [7, 11) is 1.23. The molecule has 4 saturated carbocycles. The molecular formula is C31H57NO2P2. The number of rotatable bonds is 8. The Morgan fingerprint density at radius 2 is 0.972 bits per heavy atom. The standard InChI is InChI=1S/C31H57NO2P2/c1-31(2,3)29(34-36(27-21-13-7-14-22-27)28-23-15-8-16-24-28)30(33)32(4)35(25-17-9-5-10-18-25)26-19-11-6-12-20-26/h25-29H,5-24H2,1-4H3/t29-/m1/s1. The molecule has 0 aromatic carbocycles. The van der Waals surface area contributed by atoms with Gasteiger partial charge in [-0.2, -0.15) is 0 Å². The van der Waals surface area contributed by atoms with Crippen LogP contribution in [0.4, 0.5) is 0 Å². The van der Waals surface area contributed by atoms with Gasteiger partial charge >= 0.3 is 0 Å². The Kier molecular flexibility index (Phi) is 11.4. The first-order valence-electron chi connectivity index (χ1n) is 15.9. The van der Waals surface area contributed by atoms with Gasteiger partial charge in [0.05, 0.1) is 0 Å². The van der Waals surface area contributed by atoms with Crippen molar-refractivity contribution in [1.29, 1.82) is 0 Å². The zero-order valence-electron chi connectivity index (χ0n) is 24.2.